The van der Waals surface area contributed by atoms with Crippen molar-refractivity contribution < 1.29 is 18.8 Å². The van der Waals surface area contributed by atoms with Gasteiger partial charge in [0.25, 0.3) is 17.7 Å². The minimum Gasteiger partial charge on any atom is -0.350 e. The van der Waals surface area contributed by atoms with E-state index >= 15 is 0 Å². The molecule has 0 radical (unpaired) electrons. The van der Waals surface area contributed by atoms with E-state index in [4.69, 9.17) is 23.2 Å². The summed E-state index contributed by atoms with van der Waals surface area (Å²) < 4.78 is 13.3. The molecule has 0 spiro atoms. The minimum absolute atomic E-state index is 0.0527. The number of aryl methyl sites for hydroxylation is 2. The third kappa shape index (κ3) is 4.53. The second-order valence-electron chi connectivity index (χ2n) is 7.69. The van der Waals surface area contributed by atoms with Crippen LogP contribution in [-0.2, 0) is 9.59 Å². The quantitative estimate of drug-likeness (QED) is 0.437. The van der Waals surface area contributed by atoms with Crippen LogP contribution in [0.1, 0.15) is 21.5 Å². The van der Waals surface area contributed by atoms with Crippen molar-refractivity contribution in [1.29, 1.82) is 0 Å². The van der Waals surface area contributed by atoms with Crippen LogP contribution in [0.15, 0.2) is 71.4 Å². The summed E-state index contributed by atoms with van der Waals surface area (Å²) >= 11 is 11.9. The smallest absolute Gasteiger partial charge is 0.283 e. The number of nitrogens with one attached hydrogen (secondary N) is 2. The van der Waals surface area contributed by atoms with Crippen LogP contribution in [0.25, 0.3) is 0 Å². The molecular formula is C25H18Cl2FN3O3. The van der Waals surface area contributed by atoms with Crippen LogP contribution in [0.5, 0.6) is 0 Å². The Kier molecular flexibility index (Phi) is 6.41. The minimum atomic E-state index is -0.619. The molecule has 0 saturated heterocycles. The van der Waals surface area contributed by atoms with Crippen molar-refractivity contribution in [3.05, 3.63) is 98.9 Å². The fourth-order valence-corrected chi connectivity index (χ4v) is 3.73. The molecule has 3 aromatic rings. The first-order valence-corrected chi connectivity index (χ1v) is 10.9. The topological polar surface area (TPSA) is 78.5 Å². The zero-order valence-corrected chi connectivity index (χ0v) is 19.6. The first-order chi connectivity index (χ1) is 16.2. The van der Waals surface area contributed by atoms with Gasteiger partial charge in [0.15, 0.2) is 0 Å². The summed E-state index contributed by atoms with van der Waals surface area (Å²) in [5.41, 5.74) is 3.47. The number of hydrogen-bond acceptors (Lipinski definition) is 4. The first-order valence-electron chi connectivity index (χ1n) is 10.1. The molecule has 2 N–H and O–H groups in total. The number of rotatable bonds is 5. The molecule has 0 unspecified atom stereocenters. The van der Waals surface area contributed by atoms with Gasteiger partial charge in [-0.25, -0.2) is 9.29 Å². The Morgan fingerprint density at radius 2 is 1.53 bits per heavy atom. The lowest BCUT2D eigenvalue weighted by Gasteiger charge is -2.16. The predicted molar refractivity (Wildman–Crippen MR) is 131 cm³/mol. The van der Waals surface area contributed by atoms with Crippen LogP contribution in [0.4, 0.5) is 21.5 Å². The summed E-state index contributed by atoms with van der Waals surface area (Å²) in [6.45, 7) is 3.82. The molecule has 0 aliphatic carbocycles. The Labute approximate surface area is 205 Å². The van der Waals surface area contributed by atoms with Crippen molar-refractivity contribution in [3.8, 4) is 0 Å². The maximum Gasteiger partial charge on any atom is 0.283 e. The largest absolute Gasteiger partial charge is 0.350 e. The molecule has 3 aromatic carbocycles. The van der Waals surface area contributed by atoms with Crippen LogP contribution >= 0.6 is 23.2 Å². The lowest BCUT2D eigenvalue weighted by Crippen LogP contribution is -2.32. The Bertz CT molecular complexity index is 1370. The molecule has 0 aromatic heterocycles. The summed E-state index contributed by atoms with van der Waals surface area (Å²) in [4.78, 5) is 39.1. The van der Waals surface area contributed by atoms with E-state index in [1.807, 2.05) is 19.9 Å². The second-order valence-corrected chi connectivity index (χ2v) is 8.47. The van der Waals surface area contributed by atoms with Gasteiger partial charge >= 0.3 is 0 Å². The zero-order chi connectivity index (χ0) is 24.6. The molecule has 1 aliphatic heterocycles. The number of carbonyl (C=O) groups is 3. The van der Waals surface area contributed by atoms with Crippen molar-refractivity contribution >= 4 is 58.0 Å². The van der Waals surface area contributed by atoms with Crippen molar-refractivity contribution in [1.82, 2.24) is 0 Å². The van der Waals surface area contributed by atoms with E-state index in [1.54, 1.807) is 24.3 Å². The highest BCUT2D eigenvalue weighted by Crippen LogP contribution is 2.31. The highest BCUT2D eigenvalue weighted by Gasteiger charge is 2.39. The number of hydrogen-bond donors (Lipinski definition) is 2. The van der Waals surface area contributed by atoms with Gasteiger partial charge in [0.2, 0.25) is 0 Å². The van der Waals surface area contributed by atoms with E-state index in [-0.39, 0.29) is 15.8 Å². The molecule has 6 nitrogen and oxygen atoms in total. The molecule has 9 heteroatoms. The Balaban J connectivity index is 1.48. The van der Waals surface area contributed by atoms with Crippen molar-refractivity contribution in [3.63, 3.8) is 0 Å². The monoisotopic (exact) mass is 497 g/mol. The number of anilines is 3. The van der Waals surface area contributed by atoms with E-state index in [1.165, 1.54) is 24.3 Å². The van der Waals surface area contributed by atoms with Crippen molar-refractivity contribution in [2.75, 3.05) is 15.5 Å². The van der Waals surface area contributed by atoms with Gasteiger partial charge < -0.3 is 10.6 Å². The van der Waals surface area contributed by atoms with Gasteiger partial charge in [0, 0.05) is 16.9 Å². The van der Waals surface area contributed by atoms with Crippen LogP contribution in [-0.4, -0.2) is 17.7 Å². The number of amides is 3. The van der Waals surface area contributed by atoms with Gasteiger partial charge in [-0.1, -0.05) is 29.3 Å². The summed E-state index contributed by atoms with van der Waals surface area (Å²) in [7, 11) is 0. The average Bonchev–Trinajstić information content (AvgIpc) is 3.02. The summed E-state index contributed by atoms with van der Waals surface area (Å²) in [6, 6.07) is 15.3. The van der Waals surface area contributed by atoms with Crippen molar-refractivity contribution in [2.45, 2.75) is 13.8 Å². The molecular weight excluding hydrogens is 480 g/mol. The second kappa shape index (κ2) is 9.29. The lowest BCUT2D eigenvalue weighted by atomic mass is 10.1. The van der Waals surface area contributed by atoms with E-state index in [2.05, 4.69) is 10.6 Å². The molecule has 0 bridgehead atoms. The van der Waals surface area contributed by atoms with E-state index in [0.29, 0.717) is 22.6 Å². The van der Waals surface area contributed by atoms with Gasteiger partial charge in [-0.2, -0.15) is 0 Å². The highest BCUT2D eigenvalue weighted by molar-refractivity contribution is 6.53. The molecule has 0 atom stereocenters. The maximum atomic E-state index is 13.3. The zero-order valence-electron chi connectivity index (χ0n) is 18.1. The van der Waals surface area contributed by atoms with Crippen molar-refractivity contribution in [2.24, 2.45) is 0 Å². The Morgan fingerprint density at radius 1 is 0.853 bits per heavy atom. The number of carbonyl (C=O) groups excluding carboxylic acids is 3. The standard InChI is InChI=1S/C25H18Cl2FN3O3/c1-13-3-9-18(11-14(13)2)31-24(33)21(27)22(25(31)34)29-16-6-4-15(5-7-16)23(32)30-17-8-10-20(28)19(26)12-17/h3-12,29H,1-2H3,(H,30,32). The normalized spacial score (nSPS) is 13.5. The third-order valence-electron chi connectivity index (χ3n) is 5.37. The Morgan fingerprint density at radius 3 is 2.18 bits per heavy atom. The van der Waals surface area contributed by atoms with E-state index in [0.717, 1.165) is 22.1 Å². The third-order valence-corrected chi connectivity index (χ3v) is 6.01. The number of nitrogens with zero attached hydrogens (tertiary/aromatic N) is 1. The van der Waals surface area contributed by atoms with Crippen LogP contribution in [0.2, 0.25) is 5.02 Å². The molecule has 34 heavy (non-hydrogen) atoms. The molecule has 4 rings (SSSR count). The van der Waals surface area contributed by atoms with Gasteiger partial charge in [-0.3, -0.25) is 14.4 Å². The van der Waals surface area contributed by atoms with Crippen LogP contribution in [0.3, 0.4) is 0 Å². The number of benzene rings is 3. The van der Waals surface area contributed by atoms with Gasteiger partial charge in [-0.15, -0.1) is 0 Å². The molecule has 3 amide bonds. The van der Waals surface area contributed by atoms with E-state index < -0.39 is 23.5 Å². The molecule has 1 heterocycles. The fourth-order valence-electron chi connectivity index (χ4n) is 3.34. The molecule has 0 saturated carbocycles. The number of imide groups is 1. The summed E-state index contributed by atoms with van der Waals surface area (Å²) in [5.74, 6) is -2.21. The van der Waals surface area contributed by atoms with Gasteiger partial charge in [-0.05, 0) is 79.6 Å². The summed E-state index contributed by atoms with van der Waals surface area (Å²) in [6.07, 6.45) is 0. The molecule has 0 fully saturated rings. The van der Waals surface area contributed by atoms with Crippen LogP contribution in [0, 0.1) is 19.7 Å². The van der Waals surface area contributed by atoms with E-state index in [9.17, 15) is 18.8 Å². The molecule has 172 valence electrons. The number of halogens is 3. The van der Waals surface area contributed by atoms with Gasteiger partial charge in [0.05, 0.1) is 10.7 Å². The van der Waals surface area contributed by atoms with Gasteiger partial charge in [0.1, 0.15) is 16.5 Å². The highest BCUT2D eigenvalue weighted by atomic mass is 35.5. The van der Waals surface area contributed by atoms with Crippen LogP contribution < -0.4 is 15.5 Å². The molecule has 1 aliphatic rings. The average molecular weight is 498 g/mol. The fraction of sp³-hybridized carbons (Fsp3) is 0.0800. The predicted octanol–water partition coefficient (Wildman–Crippen LogP) is 5.78. The first kappa shape index (κ1) is 23.5. The summed E-state index contributed by atoms with van der Waals surface area (Å²) in [5, 5.41) is 5.17. The Hall–Kier alpha value is -3.68. The lowest BCUT2D eigenvalue weighted by molar-refractivity contribution is -0.120. The maximum absolute atomic E-state index is 13.3. The SMILES string of the molecule is Cc1ccc(N2C(=O)C(Cl)=C(Nc3ccc(C(=O)Nc4ccc(F)c(Cl)c4)cc3)C2=O)cc1C.